The molecule has 1 aromatic heterocycles. The van der Waals surface area contributed by atoms with E-state index in [-0.39, 0.29) is 12.0 Å². The lowest BCUT2D eigenvalue weighted by atomic mass is 10.1. The highest BCUT2D eigenvalue weighted by Crippen LogP contribution is 2.50. The van der Waals surface area contributed by atoms with Crippen LogP contribution in [0.1, 0.15) is 24.6 Å². The Morgan fingerprint density at radius 2 is 1.73 bits per heavy atom. The van der Waals surface area contributed by atoms with Crippen molar-refractivity contribution in [2.75, 3.05) is 13.2 Å². The topological polar surface area (TPSA) is 336 Å². The summed E-state index contributed by atoms with van der Waals surface area (Å²) in [6.45, 7) is -0.303. The molecule has 3 amide bonds. The van der Waals surface area contributed by atoms with Crippen LogP contribution in [0.25, 0.3) is 0 Å². The number of nitrogens with two attached hydrogens (primary N) is 1. The van der Waals surface area contributed by atoms with E-state index in [1.54, 1.807) is 0 Å². The van der Waals surface area contributed by atoms with Gasteiger partial charge in [0, 0.05) is 24.6 Å². The standard InChI is InChI=1S/C20H27N7O16P2/c1-7-4-26(18(31)24-15(7)29)12-2-9(42-44(34,35)36)11(41-12)6-39-45(37,38)43-8-3-13(40-10(8)5-28)27-19(32)22-14-16(30)23-17(21)25-20(14,27)33/h4,8-13,28,33H,2-3,5-6H2,1H3,(H,37,38)(H,24,29,31)(H2,34,35,36)(H3,21,23,25,30)/t8-,9-,10+,11+,12+,13?,20?/m0/s1. The predicted molar refractivity (Wildman–Crippen MR) is 142 cm³/mol. The molecular weight excluding hydrogens is 656 g/mol. The number of aliphatic hydroxyl groups is 2. The molecule has 5 heterocycles. The number of aliphatic imine (C=N–C) groups is 2. The normalized spacial score (nSPS) is 33.1. The van der Waals surface area contributed by atoms with Gasteiger partial charge in [0.2, 0.25) is 0 Å². The van der Waals surface area contributed by atoms with Crippen molar-refractivity contribution in [2.24, 2.45) is 15.7 Å². The summed E-state index contributed by atoms with van der Waals surface area (Å²) in [5.74, 6) is -4.24. The first-order chi connectivity index (χ1) is 20.9. The van der Waals surface area contributed by atoms with Crippen LogP contribution in [0.15, 0.2) is 25.8 Å². The summed E-state index contributed by atoms with van der Waals surface area (Å²) in [6.07, 6.45) is -8.23. The van der Waals surface area contributed by atoms with Gasteiger partial charge in [0.1, 0.15) is 36.9 Å². The summed E-state index contributed by atoms with van der Waals surface area (Å²) >= 11 is 0. The summed E-state index contributed by atoms with van der Waals surface area (Å²) in [4.78, 5) is 87.6. The number of aromatic nitrogens is 2. The first-order valence-electron chi connectivity index (χ1n) is 12.9. The smallest absolute Gasteiger partial charge is 0.394 e. The Balaban J connectivity index is 1.28. The van der Waals surface area contributed by atoms with Crippen molar-refractivity contribution < 1.29 is 66.7 Å². The van der Waals surface area contributed by atoms with E-state index in [0.717, 1.165) is 10.8 Å². The van der Waals surface area contributed by atoms with Crippen molar-refractivity contribution >= 4 is 39.3 Å². The fourth-order valence-corrected chi connectivity index (χ4v) is 6.62. The van der Waals surface area contributed by atoms with Crippen LogP contribution in [0, 0.1) is 6.92 Å². The monoisotopic (exact) mass is 683 g/mol. The van der Waals surface area contributed by atoms with Crippen LogP contribution in [-0.2, 0) is 37.0 Å². The van der Waals surface area contributed by atoms with Gasteiger partial charge in [-0.15, -0.1) is 0 Å². The Morgan fingerprint density at radius 3 is 2.40 bits per heavy atom. The van der Waals surface area contributed by atoms with Gasteiger partial charge in [-0.05, 0) is 6.92 Å². The van der Waals surface area contributed by atoms with Gasteiger partial charge >= 0.3 is 27.4 Å². The van der Waals surface area contributed by atoms with E-state index < -0.39 is 113 Å². The van der Waals surface area contributed by atoms with E-state index in [1.807, 2.05) is 4.98 Å². The summed E-state index contributed by atoms with van der Waals surface area (Å²) in [5.41, 5.74) is 3.32. The van der Waals surface area contributed by atoms with Crippen LogP contribution in [0.4, 0.5) is 4.79 Å². The molecule has 2 saturated heterocycles. The molecule has 0 bridgehead atoms. The Bertz CT molecular complexity index is 1670. The molecule has 3 unspecified atom stereocenters. The first-order valence-corrected chi connectivity index (χ1v) is 15.9. The molecule has 0 spiro atoms. The van der Waals surface area contributed by atoms with Gasteiger partial charge in [0.05, 0.1) is 13.2 Å². The number of aromatic amines is 1. The van der Waals surface area contributed by atoms with Crippen molar-refractivity contribution in [3.63, 3.8) is 0 Å². The van der Waals surface area contributed by atoms with Crippen molar-refractivity contribution in [3.05, 3.63) is 32.6 Å². The Labute approximate surface area is 250 Å². The summed E-state index contributed by atoms with van der Waals surface area (Å²) in [5, 5.41) is 22.9. The molecular formula is C20H27N7O16P2. The van der Waals surface area contributed by atoms with Crippen molar-refractivity contribution in [1.29, 1.82) is 0 Å². The number of nitrogens with zero attached hydrogens (tertiary/aromatic N) is 4. The second-order valence-electron chi connectivity index (χ2n) is 10.1. The van der Waals surface area contributed by atoms with Crippen molar-refractivity contribution in [1.82, 2.24) is 19.8 Å². The Hall–Kier alpha value is -3.18. The van der Waals surface area contributed by atoms with E-state index >= 15 is 0 Å². The molecule has 0 aromatic carbocycles. The third kappa shape index (κ3) is 6.70. The third-order valence-corrected chi connectivity index (χ3v) is 8.59. The number of aryl methyl sites for hydroxylation is 1. The highest BCUT2D eigenvalue weighted by atomic mass is 31.2. The molecule has 9 N–H and O–H groups in total. The van der Waals surface area contributed by atoms with Crippen LogP contribution in [-0.4, -0.2) is 113 Å². The number of guanidine groups is 1. The fourth-order valence-electron chi connectivity index (χ4n) is 5.09. The molecule has 0 radical (unpaired) electrons. The van der Waals surface area contributed by atoms with Gasteiger partial charge in [-0.25, -0.2) is 23.6 Å². The van der Waals surface area contributed by atoms with Crippen molar-refractivity contribution in [3.8, 4) is 0 Å². The Kier molecular flexibility index (Phi) is 8.76. The molecule has 5 rings (SSSR count). The van der Waals surface area contributed by atoms with Gasteiger partial charge in [0.25, 0.3) is 17.3 Å². The maximum absolute atomic E-state index is 12.9. The predicted octanol–water partition coefficient (Wildman–Crippen LogP) is -3.81. The summed E-state index contributed by atoms with van der Waals surface area (Å²) < 4.78 is 51.4. The number of H-pyrrole nitrogens is 1. The number of ether oxygens (including phenoxy) is 2. The minimum absolute atomic E-state index is 0.113. The maximum atomic E-state index is 12.9. The molecule has 4 aliphatic rings. The molecule has 0 saturated carbocycles. The average molecular weight is 683 g/mol. The largest absolute Gasteiger partial charge is 0.472 e. The second-order valence-corrected chi connectivity index (χ2v) is 12.7. The molecule has 1 aromatic rings. The van der Waals surface area contributed by atoms with E-state index in [4.69, 9.17) is 28.8 Å². The number of nitrogens with one attached hydrogen (secondary N) is 2. The van der Waals surface area contributed by atoms with Gasteiger partial charge in [0.15, 0.2) is 11.7 Å². The lowest BCUT2D eigenvalue weighted by Gasteiger charge is -2.35. The van der Waals surface area contributed by atoms with Gasteiger partial charge < -0.3 is 40.1 Å². The number of hydrogen-bond acceptors (Lipinski definition) is 15. The lowest BCUT2D eigenvalue weighted by Crippen LogP contribution is -2.63. The molecule has 2 fully saturated rings. The van der Waals surface area contributed by atoms with Crippen LogP contribution in [0.3, 0.4) is 0 Å². The highest BCUT2D eigenvalue weighted by Gasteiger charge is 2.59. The molecule has 25 heteroatoms. The molecule has 0 aliphatic carbocycles. The number of urea groups is 1. The van der Waals surface area contributed by atoms with E-state index in [0.29, 0.717) is 4.90 Å². The van der Waals surface area contributed by atoms with Gasteiger partial charge in [-0.1, -0.05) is 0 Å². The molecule has 4 aliphatic heterocycles. The van der Waals surface area contributed by atoms with Crippen LogP contribution >= 0.6 is 15.6 Å². The molecule has 23 nitrogen and oxygen atoms in total. The number of aliphatic hydroxyl groups excluding tert-OH is 1. The number of phosphoric ester groups is 2. The zero-order valence-electron chi connectivity index (χ0n) is 22.9. The average Bonchev–Trinajstić information content (AvgIpc) is 3.56. The molecule has 45 heavy (non-hydrogen) atoms. The van der Waals surface area contributed by atoms with Gasteiger partial charge in [-0.2, -0.15) is 9.98 Å². The number of phosphoric acid groups is 2. The summed E-state index contributed by atoms with van der Waals surface area (Å²) in [7, 11) is -10.3. The van der Waals surface area contributed by atoms with E-state index in [2.05, 4.69) is 15.3 Å². The summed E-state index contributed by atoms with van der Waals surface area (Å²) in [6, 6.07) is -1.17. The van der Waals surface area contributed by atoms with E-state index in [1.165, 1.54) is 6.92 Å². The number of fused-ring (bicyclic) bond motifs is 1. The number of carbonyl (C=O) groups excluding carboxylic acids is 2. The number of rotatable bonds is 10. The SMILES string of the molecule is Cc1cn([C@H]2C[C@H](OP(=O)(O)O)[C@@H](COP(=O)(O)O[C@H]3CC(N4C(=O)N=C5C(=O)NC(N)=NC54O)O[C@@H]3CO)O2)c(=O)[nH]c1=O. The van der Waals surface area contributed by atoms with Crippen molar-refractivity contribution in [2.45, 2.75) is 62.5 Å². The Morgan fingerprint density at radius 1 is 1.09 bits per heavy atom. The van der Waals surface area contributed by atoms with Gasteiger partial charge in [-0.3, -0.25) is 38.0 Å². The van der Waals surface area contributed by atoms with Crippen LogP contribution in [0.5, 0.6) is 0 Å². The minimum Gasteiger partial charge on any atom is -0.394 e. The zero-order valence-corrected chi connectivity index (χ0v) is 24.6. The number of hydrogen-bond donors (Lipinski definition) is 8. The third-order valence-electron chi connectivity index (χ3n) is 7.03. The molecule has 248 valence electrons. The number of amides is 3. The molecule has 8 atom stereocenters. The zero-order chi connectivity index (χ0) is 33.1. The number of carbonyl (C=O) groups is 2. The maximum Gasteiger partial charge on any atom is 0.472 e. The second kappa shape index (κ2) is 11.9. The highest BCUT2D eigenvalue weighted by molar-refractivity contribution is 7.47. The lowest BCUT2D eigenvalue weighted by molar-refractivity contribution is -0.131. The fraction of sp³-hybridized carbons (Fsp3) is 0.600. The minimum atomic E-state index is -5.14. The van der Waals surface area contributed by atoms with Crippen LogP contribution < -0.4 is 22.3 Å². The quantitative estimate of drug-likeness (QED) is 0.110. The van der Waals surface area contributed by atoms with Crippen LogP contribution in [0.2, 0.25) is 0 Å². The van der Waals surface area contributed by atoms with E-state index in [9.17, 15) is 53.2 Å². The first kappa shape index (κ1) is 33.2.